The number of benzene rings is 2. The summed E-state index contributed by atoms with van der Waals surface area (Å²) in [7, 11) is -3.83. The Balaban J connectivity index is 2.35. The molecule has 0 heterocycles. The Morgan fingerprint density at radius 3 is 2.03 bits per heavy atom. The van der Waals surface area contributed by atoms with Gasteiger partial charge in [-0.05, 0) is 61.9 Å². The van der Waals surface area contributed by atoms with E-state index in [1.165, 1.54) is 6.07 Å². The number of carbonyl (C=O) groups excluding carboxylic acids is 1. The number of nitrogens with one attached hydrogen (secondary N) is 2. The second-order valence-corrected chi connectivity index (χ2v) is 10.0. The molecule has 2 aromatic rings. The van der Waals surface area contributed by atoms with E-state index >= 15 is 0 Å². The summed E-state index contributed by atoms with van der Waals surface area (Å²) in [5.74, 6) is 0.290. The van der Waals surface area contributed by atoms with Crippen LogP contribution in [0.1, 0.15) is 54.7 Å². The molecule has 2 rings (SSSR count). The topological polar surface area (TPSA) is 75.3 Å². The molecule has 6 heteroatoms. The normalized spacial score (nSPS) is 11.9. The SMILES string of the molecule is Cc1ccc(NS(=O)(=O)c2cc(C(=O)NC(C(C)C)C(C)C)ccc2C)c(C)c1. The van der Waals surface area contributed by atoms with Gasteiger partial charge < -0.3 is 5.32 Å². The largest absolute Gasteiger partial charge is 0.349 e. The van der Waals surface area contributed by atoms with E-state index in [4.69, 9.17) is 0 Å². The smallest absolute Gasteiger partial charge is 0.262 e. The monoisotopic (exact) mass is 416 g/mol. The highest BCUT2D eigenvalue weighted by molar-refractivity contribution is 7.92. The molecule has 0 unspecified atom stereocenters. The first-order valence-electron chi connectivity index (χ1n) is 9.94. The second-order valence-electron chi connectivity index (χ2n) is 8.39. The van der Waals surface area contributed by atoms with E-state index in [1.54, 1.807) is 25.1 Å². The molecule has 2 N–H and O–H groups in total. The Morgan fingerprint density at radius 1 is 0.862 bits per heavy atom. The van der Waals surface area contributed by atoms with Gasteiger partial charge in [-0.3, -0.25) is 9.52 Å². The molecule has 0 atom stereocenters. The van der Waals surface area contributed by atoms with Gasteiger partial charge in [-0.25, -0.2) is 8.42 Å². The van der Waals surface area contributed by atoms with Crippen molar-refractivity contribution in [2.45, 2.75) is 59.4 Å². The summed E-state index contributed by atoms with van der Waals surface area (Å²) in [6, 6.07) is 10.3. The minimum absolute atomic E-state index is 0.0113. The molecule has 0 aliphatic heterocycles. The van der Waals surface area contributed by atoms with Crippen molar-refractivity contribution in [1.82, 2.24) is 5.32 Å². The van der Waals surface area contributed by atoms with Crippen molar-refractivity contribution in [3.63, 3.8) is 0 Å². The van der Waals surface area contributed by atoms with E-state index in [-0.39, 0.29) is 28.7 Å². The maximum Gasteiger partial charge on any atom is 0.262 e. The van der Waals surface area contributed by atoms with Gasteiger partial charge in [0.15, 0.2) is 0 Å². The molecule has 5 nitrogen and oxygen atoms in total. The molecule has 0 saturated heterocycles. The molecular weight excluding hydrogens is 384 g/mol. The number of hydrogen-bond donors (Lipinski definition) is 2. The number of anilines is 1. The molecule has 0 fully saturated rings. The van der Waals surface area contributed by atoms with E-state index in [0.29, 0.717) is 16.8 Å². The summed E-state index contributed by atoms with van der Waals surface area (Å²) >= 11 is 0. The van der Waals surface area contributed by atoms with E-state index < -0.39 is 10.0 Å². The molecule has 1 amide bonds. The van der Waals surface area contributed by atoms with Crippen LogP contribution in [0.4, 0.5) is 5.69 Å². The highest BCUT2D eigenvalue weighted by atomic mass is 32.2. The molecule has 0 radical (unpaired) electrons. The van der Waals surface area contributed by atoms with E-state index in [0.717, 1.165) is 11.1 Å². The van der Waals surface area contributed by atoms with Crippen LogP contribution in [-0.4, -0.2) is 20.4 Å². The summed E-state index contributed by atoms with van der Waals surface area (Å²) in [5, 5.41) is 3.04. The van der Waals surface area contributed by atoms with E-state index in [1.807, 2.05) is 26.0 Å². The molecule has 0 aliphatic rings. The summed E-state index contributed by atoms with van der Waals surface area (Å²) in [6.07, 6.45) is 0. The van der Waals surface area contributed by atoms with Crippen molar-refractivity contribution in [2.75, 3.05) is 4.72 Å². The molecular formula is C23H32N2O3S. The third-order valence-electron chi connectivity index (χ3n) is 5.10. The summed E-state index contributed by atoms with van der Waals surface area (Å²) in [5.41, 5.74) is 3.36. The van der Waals surface area contributed by atoms with E-state index in [9.17, 15) is 13.2 Å². The second kappa shape index (κ2) is 8.99. The molecule has 2 aromatic carbocycles. The number of carbonyl (C=O) groups is 1. The first kappa shape index (κ1) is 22.9. The average Bonchev–Trinajstić information content (AvgIpc) is 2.61. The Labute approximate surface area is 175 Å². The first-order chi connectivity index (χ1) is 13.4. The van der Waals surface area contributed by atoms with Gasteiger partial charge in [0.2, 0.25) is 0 Å². The van der Waals surface area contributed by atoms with Crippen molar-refractivity contribution in [1.29, 1.82) is 0 Å². The number of aryl methyl sites for hydroxylation is 3. The molecule has 29 heavy (non-hydrogen) atoms. The summed E-state index contributed by atoms with van der Waals surface area (Å²) in [6.45, 7) is 13.8. The predicted molar refractivity (Wildman–Crippen MR) is 119 cm³/mol. The minimum atomic E-state index is -3.83. The van der Waals surface area contributed by atoms with Crippen LogP contribution in [0.2, 0.25) is 0 Å². The number of rotatable bonds is 7. The fraction of sp³-hybridized carbons (Fsp3) is 0.435. The van der Waals surface area contributed by atoms with Crippen LogP contribution in [0.25, 0.3) is 0 Å². The van der Waals surface area contributed by atoms with Crippen molar-refractivity contribution < 1.29 is 13.2 Å². The summed E-state index contributed by atoms with van der Waals surface area (Å²) in [4.78, 5) is 12.9. The molecule has 0 aromatic heterocycles. The Bertz CT molecular complexity index is 987. The number of hydrogen-bond acceptors (Lipinski definition) is 3. The Kier molecular flexibility index (Phi) is 7.11. The van der Waals surface area contributed by atoms with Crippen molar-refractivity contribution in [3.05, 3.63) is 58.7 Å². The molecule has 158 valence electrons. The lowest BCUT2D eigenvalue weighted by Crippen LogP contribution is -2.42. The van der Waals surface area contributed by atoms with Crippen LogP contribution >= 0.6 is 0 Å². The summed E-state index contributed by atoms with van der Waals surface area (Å²) < 4.78 is 28.7. The zero-order chi connectivity index (χ0) is 21.9. The van der Waals surface area contributed by atoms with Crippen molar-refractivity contribution in [3.8, 4) is 0 Å². The molecule has 0 spiro atoms. The third-order valence-corrected chi connectivity index (χ3v) is 6.61. The molecule has 0 saturated carbocycles. The van der Waals surface area contributed by atoms with Gasteiger partial charge in [-0.1, -0.05) is 51.5 Å². The van der Waals surface area contributed by atoms with Crippen molar-refractivity contribution in [2.24, 2.45) is 11.8 Å². The van der Waals surface area contributed by atoms with Crippen LogP contribution < -0.4 is 10.0 Å². The molecule has 0 aliphatic carbocycles. The van der Waals surface area contributed by atoms with Gasteiger partial charge in [0.05, 0.1) is 10.6 Å². The molecule has 0 bridgehead atoms. The van der Waals surface area contributed by atoms with Gasteiger partial charge in [-0.2, -0.15) is 0 Å². The van der Waals surface area contributed by atoms with E-state index in [2.05, 4.69) is 37.7 Å². The fourth-order valence-electron chi connectivity index (χ4n) is 3.50. The minimum Gasteiger partial charge on any atom is -0.349 e. The van der Waals surface area contributed by atoms with Gasteiger partial charge in [-0.15, -0.1) is 0 Å². The highest BCUT2D eigenvalue weighted by Crippen LogP contribution is 2.24. The van der Waals surface area contributed by atoms with Gasteiger partial charge in [0, 0.05) is 11.6 Å². The average molecular weight is 417 g/mol. The Hall–Kier alpha value is -2.34. The zero-order valence-electron chi connectivity index (χ0n) is 18.3. The van der Waals surface area contributed by atoms with Crippen LogP contribution in [0.15, 0.2) is 41.3 Å². The predicted octanol–water partition coefficient (Wildman–Crippen LogP) is 4.82. The number of sulfonamides is 1. The van der Waals surface area contributed by atoms with Crippen LogP contribution in [0.5, 0.6) is 0 Å². The van der Waals surface area contributed by atoms with Crippen LogP contribution in [0.3, 0.4) is 0 Å². The lowest BCUT2D eigenvalue weighted by Gasteiger charge is -2.26. The lowest BCUT2D eigenvalue weighted by atomic mass is 9.93. The van der Waals surface area contributed by atoms with Gasteiger partial charge in [0.1, 0.15) is 0 Å². The highest BCUT2D eigenvalue weighted by Gasteiger charge is 2.23. The maximum atomic E-state index is 13.0. The van der Waals surface area contributed by atoms with Crippen molar-refractivity contribution >= 4 is 21.6 Å². The first-order valence-corrected chi connectivity index (χ1v) is 11.4. The van der Waals surface area contributed by atoms with Crippen LogP contribution in [0, 0.1) is 32.6 Å². The lowest BCUT2D eigenvalue weighted by molar-refractivity contribution is 0.0910. The maximum absolute atomic E-state index is 13.0. The standard InChI is InChI=1S/C23H32N2O3S/c1-14(2)22(15(3)4)24-23(26)19-10-9-17(6)21(13-19)29(27,28)25-20-11-8-16(5)12-18(20)7/h8-15,22,25H,1-7H3,(H,24,26). The Morgan fingerprint density at radius 2 is 1.48 bits per heavy atom. The third kappa shape index (κ3) is 5.60. The quantitative estimate of drug-likeness (QED) is 0.679. The van der Waals surface area contributed by atoms with Gasteiger partial charge in [0.25, 0.3) is 15.9 Å². The van der Waals surface area contributed by atoms with Gasteiger partial charge >= 0.3 is 0 Å². The van der Waals surface area contributed by atoms with Crippen LogP contribution in [-0.2, 0) is 10.0 Å². The number of amides is 1. The zero-order valence-corrected chi connectivity index (χ0v) is 19.1. The fourth-order valence-corrected chi connectivity index (χ4v) is 4.90.